The van der Waals surface area contributed by atoms with Crippen LogP contribution in [0.1, 0.15) is 40.5 Å². The van der Waals surface area contributed by atoms with Crippen LogP contribution in [0.5, 0.6) is 0 Å². The molecule has 2 heterocycles. The van der Waals surface area contributed by atoms with Crippen molar-refractivity contribution in [2.75, 3.05) is 13.7 Å². The zero-order valence-corrected chi connectivity index (χ0v) is 21.3. The fourth-order valence-corrected chi connectivity index (χ4v) is 8.25. The maximum absolute atomic E-state index is 13.4. The second kappa shape index (κ2) is 8.12. The lowest BCUT2D eigenvalue weighted by Crippen LogP contribution is -2.79. The van der Waals surface area contributed by atoms with Crippen LogP contribution in [-0.2, 0) is 38.1 Å². The zero-order chi connectivity index (χ0) is 27.2. The topological polar surface area (TPSA) is 166 Å². The number of methoxy groups -OCH3 is 1. The fourth-order valence-electron chi connectivity index (χ4n) is 8.25. The first-order chi connectivity index (χ1) is 17.3. The highest BCUT2D eigenvalue weighted by atomic mass is 16.6. The van der Waals surface area contributed by atoms with Gasteiger partial charge in [0.25, 0.3) is 0 Å². The van der Waals surface area contributed by atoms with E-state index in [-0.39, 0.29) is 25.2 Å². The van der Waals surface area contributed by atoms with Gasteiger partial charge in [-0.3, -0.25) is 4.79 Å². The van der Waals surface area contributed by atoms with Gasteiger partial charge in [-0.05, 0) is 44.1 Å². The zero-order valence-electron chi connectivity index (χ0n) is 21.3. The third-order valence-corrected chi connectivity index (χ3v) is 9.49. The van der Waals surface area contributed by atoms with Gasteiger partial charge in [0.2, 0.25) is 11.7 Å². The molecule has 2 saturated carbocycles. The van der Waals surface area contributed by atoms with Crippen molar-refractivity contribution >= 4 is 23.7 Å². The number of hydrogen-bond donors (Lipinski definition) is 3. The molecular weight excluding hydrogens is 488 g/mol. The lowest BCUT2D eigenvalue weighted by atomic mass is 9.38. The number of carbonyl (C=O) groups excluding carboxylic acids is 4. The quantitative estimate of drug-likeness (QED) is 0.270. The average Bonchev–Trinajstić information content (AvgIpc) is 3.12. The third-order valence-electron chi connectivity index (χ3n) is 9.49. The van der Waals surface area contributed by atoms with E-state index in [9.17, 15) is 34.5 Å². The van der Waals surface area contributed by atoms with Crippen LogP contribution < -0.4 is 0 Å². The number of ketones is 1. The third kappa shape index (κ3) is 3.04. The van der Waals surface area contributed by atoms with Crippen molar-refractivity contribution in [1.82, 2.24) is 0 Å². The van der Waals surface area contributed by atoms with Gasteiger partial charge in [-0.1, -0.05) is 12.5 Å². The lowest BCUT2D eigenvalue weighted by molar-refractivity contribution is -0.290. The summed E-state index contributed by atoms with van der Waals surface area (Å²) in [5.74, 6) is -6.30. The van der Waals surface area contributed by atoms with E-state index >= 15 is 0 Å². The van der Waals surface area contributed by atoms with Gasteiger partial charge in [0.15, 0.2) is 11.5 Å². The molecule has 0 amide bonds. The summed E-state index contributed by atoms with van der Waals surface area (Å²) in [7, 11) is 1.09. The van der Waals surface area contributed by atoms with Crippen molar-refractivity contribution < 1.29 is 53.4 Å². The van der Waals surface area contributed by atoms with Gasteiger partial charge >= 0.3 is 17.9 Å². The molecule has 0 aromatic heterocycles. The molecule has 0 radical (unpaired) electrons. The van der Waals surface area contributed by atoms with Crippen molar-refractivity contribution in [1.29, 1.82) is 0 Å². The monoisotopic (exact) mass is 520 g/mol. The van der Waals surface area contributed by atoms with Crippen LogP contribution >= 0.6 is 0 Å². The van der Waals surface area contributed by atoms with Crippen LogP contribution in [0.2, 0.25) is 0 Å². The highest BCUT2D eigenvalue weighted by Gasteiger charge is 2.85. The van der Waals surface area contributed by atoms with E-state index in [1.165, 1.54) is 6.08 Å². The number of Topliss-reactive ketones (excluding diaryl/α,β-unsaturated/α-hetero) is 1. The SMILES string of the molecule is COC(=O)[C@@]12OC[C@]34[C@H]([C@@H](O)[C@@H]1O)[C@@]1(C)CC(=O)C(O)=C(C)[C@@H]1C[C@H]3OC(=O)[C@H](OC(=O)C=C(C)C)[C@@H]24. The van der Waals surface area contributed by atoms with E-state index in [4.69, 9.17) is 18.9 Å². The first kappa shape index (κ1) is 25.9. The Morgan fingerprint density at radius 3 is 2.46 bits per heavy atom. The van der Waals surface area contributed by atoms with Crippen LogP contribution in [0, 0.1) is 28.6 Å². The van der Waals surface area contributed by atoms with Crippen molar-refractivity contribution in [3.8, 4) is 0 Å². The summed E-state index contributed by atoms with van der Waals surface area (Å²) in [6.07, 6.45) is -4.79. The average molecular weight is 521 g/mol. The Labute approximate surface area is 213 Å². The number of fused-ring (bicyclic) bond motifs is 2. The highest BCUT2D eigenvalue weighted by molar-refractivity contribution is 5.95. The normalized spacial score (nSPS) is 45.9. The van der Waals surface area contributed by atoms with Gasteiger partial charge in [0.1, 0.15) is 12.2 Å². The Kier molecular flexibility index (Phi) is 5.68. The lowest BCUT2D eigenvalue weighted by Gasteiger charge is -2.67. The number of ether oxygens (including phenoxy) is 4. The Bertz CT molecular complexity index is 1150. The molecule has 2 saturated heterocycles. The molecule has 10 atom stereocenters. The van der Waals surface area contributed by atoms with Crippen molar-refractivity contribution in [2.24, 2.45) is 28.6 Å². The van der Waals surface area contributed by atoms with Crippen molar-refractivity contribution in [3.63, 3.8) is 0 Å². The van der Waals surface area contributed by atoms with Crippen LogP contribution in [0.3, 0.4) is 0 Å². The molecule has 2 aliphatic heterocycles. The first-order valence-corrected chi connectivity index (χ1v) is 12.3. The maximum atomic E-state index is 13.4. The number of allylic oxidation sites excluding steroid dienone is 3. The van der Waals surface area contributed by atoms with Gasteiger partial charge in [-0.2, -0.15) is 0 Å². The number of aliphatic hydroxyl groups is 3. The van der Waals surface area contributed by atoms with E-state index in [0.717, 1.165) is 7.11 Å². The molecule has 11 nitrogen and oxygen atoms in total. The predicted molar refractivity (Wildman–Crippen MR) is 122 cm³/mol. The van der Waals surface area contributed by atoms with Gasteiger partial charge in [0, 0.05) is 23.8 Å². The summed E-state index contributed by atoms with van der Waals surface area (Å²) >= 11 is 0. The van der Waals surface area contributed by atoms with E-state index in [1.807, 2.05) is 0 Å². The smallest absolute Gasteiger partial charge is 0.348 e. The summed E-state index contributed by atoms with van der Waals surface area (Å²) in [5, 5.41) is 33.6. The van der Waals surface area contributed by atoms with E-state index in [0.29, 0.717) is 11.1 Å². The molecule has 2 bridgehead atoms. The van der Waals surface area contributed by atoms with Crippen LogP contribution in [0.15, 0.2) is 23.0 Å². The number of aliphatic hydroxyl groups excluding tert-OH is 3. The standard InChI is InChI=1S/C26H32O11/c1-10(2)6-15(28)37-18-20-25-9-35-26(20,23(33)34-5)21(31)17(30)19(25)24(4)8-13(27)16(29)11(3)12(24)7-14(25)36-22(18)32/h6,12,14,17-21,29-31H,7-9H2,1-5H3/t12-,14+,17+,18+,19+,20+,21-,24-,25+,26-/m0/s1. The molecular formula is C26H32O11. The number of esters is 3. The van der Waals surface area contributed by atoms with E-state index < -0.39 is 82.3 Å². The predicted octanol–water partition coefficient (Wildman–Crippen LogP) is 0.517. The minimum absolute atomic E-state index is 0.141. The van der Waals surface area contributed by atoms with Crippen LogP contribution in [0.25, 0.3) is 0 Å². The molecule has 0 unspecified atom stereocenters. The minimum atomic E-state index is -2.22. The maximum Gasteiger partial charge on any atom is 0.348 e. The summed E-state index contributed by atoms with van der Waals surface area (Å²) in [6, 6.07) is 0. The number of hydrogen-bond acceptors (Lipinski definition) is 11. The minimum Gasteiger partial charge on any atom is -0.504 e. The molecule has 37 heavy (non-hydrogen) atoms. The van der Waals surface area contributed by atoms with E-state index in [2.05, 4.69) is 0 Å². The second-order valence-electron chi connectivity index (χ2n) is 11.5. The molecule has 4 fully saturated rings. The molecule has 11 heteroatoms. The summed E-state index contributed by atoms with van der Waals surface area (Å²) in [6.45, 7) is 6.53. The molecule has 202 valence electrons. The van der Waals surface area contributed by atoms with Gasteiger partial charge in [-0.15, -0.1) is 0 Å². The molecule has 3 N–H and O–H groups in total. The summed E-state index contributed by atoms with van der Waals surface area (Å²) in [5.41, 5.74) is -3.50. The first-order valence-electron chi connectivity index (χ1n) is 12.3. The molecule has 5 rings (SSSR count). The highest BCUT2D eigenvalue weighted by Crippen LogP contribution is 2.72. The molecule has 5 aliphatic rings. The van der Waals surface area contributed by atoms with Gasteiger partial charge < -0.3 is 34.3 Å². The Balaban J connectivity index is 1.74. The second-order valence-corrected chi connectivity index (χ2v) is 11.5. The molecule has 0 aromatic carbocycles. The Morgan fingerprint density at radius 2 is 1.84 bits per heavy atom. The molecule has 3 aliphatic carbocycles. The largest absolute Gasteiger partial charge is 0.504 e. The van der Waals surface area contributed by atoms with E-state index in [1.54, 1.807) is 27.7 Å². The summed E-state index contributed by atoms with van der Waals surface area (Å²) < 4.78 is 22.5. The Morgan fingerprint density at radius 1 is 1.16 bits per heavy atom. The molecule has 1 spiro atoms. The van der Waals surface area contributed by atoms with Gasteiger partial charge in [-0.25, -0.2) is 14.4 Å². The Hall–Kier alpha value is -2.76. The summed E-state index contributed by atoms with van der Waals surface area (Å²) in [4.78, 5) is 52.2. The number of carbonyl (C=O) groups is 4. The van der Waals surface area contributed by atoms with Crippen molar-refractivity contribution in [3.05, 3.63) is 23.0 Å². The van der Waals surface area contributed by atoms with Crippen LogP contribution in [-0.4, -0.2) is 82.7 Å². The molecule has 0 aromatic rings. The number of rotatable bonds is 3. The van der Waals surface area contributed by atoms with Crippen LogP contribution in [0.4, 0.5) is 0 Å². The fraction of sp³-hybridized carbons (Fsp3) is 0.692. The van der Waals surface area contributed by atoms with Crippen molar-refractivity contribution in [2.45, 2.75) is 70.6 Å². The van der Waals surface area contributed by atoms with Gasteiger partial charge in [0.05, 0.1) is 25.7 Å².